The topological polar surface area (TPSA) is 21.3 Å². The van der Waals surface area contributed by atoms with Crippen molar-refractivity contribution in [2.45, 2.75) is 51.3 Å². The minimum Gasteiger partial charge on any atom is -0.378 e. The third-order valence-electron chi connectivity index (χ3n) is 4.54. The molecule has 0 saturated heterocycles. The maximum atomic E-state index is 5.87. The molecule has 2 fully saturated rings. The molecule has 0 aromatic carbocycles. The molecule has 2 saturated carbocycles. The van der Waals surface area contributed by atoms with Gasteiger partial charge in [-0.15, -0.1) is 11.3 Å². The lowest BCUT2D eigenvalue weighted by molar-refractivity contribution is -0.173. The molecule has 1 N–H and O–H groups in total. The fourth-order valence-electron chi connectivity index (χ4n) is 3.36. The first-order chi connectivity index (χ1) is 8.35. The van der Waals surface area contributed by atoms with Gasteiger partial charge in [0.15, 0.2) is 0 Å². The van der Waals surface area contributed by atoms with Gasteiger partial charge in [-0.05, 0) is 37.6 Å². The van der Waals surface area contributed by atoms with Crippen molar-refractivity contribution in [3.63, 3.8) is 0 Å². The van der Waals surface area contributed by atoms with Crippen LogP contribution in [0.5, 0.6) is 0 Å². The van der Waals surface area contributed by atoms with Crippen LogP contribution in [0.25, 0.3) is 0 Å². The number of thiophene rings is 1. The Morgan fingerprint density at radius 3 is 3.00 bits per heavy atom. The normalized spacial score (nSPS) is 29.9. The van der Waals surface area contributed by atoms with Crippen LogP contribution in [0.1, 0.15) is 37.5 Å². The first-order valence-electron chi connectivity index (χ1n) is 6.72. The second-order valence-corrected chi connectivity index (χ2v) is 6.31. The van der Waals surface area contributed by atoms with Crippen LogP contribution in [0.4, 0.5) is 0 Å². The van der Waals surface area contributed by atoms with E-state index in [1.807, 2.05) is 11.3 Å². The highest BCUT2D eigenvalue weighted by atomic mass is 32.1. The van der Waals surface area contributed by atoms with Crippen molar-refractivity contribution in [2.75, 3.05) is 6.61 Å². The second-order valence-electron chi connectivity index (χ2n) is 5.28. The van der Waals surface area contributed by atoms with E-state index in [4.69, 9.17) is 4.74 Å². The molecule has 17 heavy (non-hydrogen) atoms. The van der Waals surface area contributed by atoms with E-state index in [0.717, 1.165) is 13.2 Å². The molecule has 1 aromatic heterocycles. The summed E-state index contributed by atoms with van der Waals surface area (Å²) in [6, 6.07) is 5.03. The Morgan fingerprint density at radius 2 is 2.41 bits per heavy atom. The molecule has 2 atom stereocenters. The highest BCUT2D eigenvalue weighted by Gasteiger charge is 2.58. The summed E-state index contributed by atoms with van der Waals surface area (Å²) in [6.45, 7) is 4.01. The molecule has 0 bridgehead atoms. The molecule has 94 valence electrons. The summed E-state index contributed by atoms with van der Waals surface area (Å²) in [4.78, 5) is 1.44. The van der Waals surface area contributed by atoms with Gasteiger partial charge in [-0.25, -0.2) is 0 Å². The zero-order chi connectivity index (χ0) is 11.7. The molecule has 2 aliphatic rings. The summed E-state index contributed by atoms with van der Waals surface area (Å²) in [5.41, 5.74) is 0.493. The minimum absolute atomic E-state index is 0.493. The van der Waals surface area contributed by atoms with Crippen LogP contribution < -0.4 is 5.32 Å². The van der Waals surface area contributed by atoms with E-state index in [-0.39, 0.29) is 0 Å². The van der Waals surface area contributed by atoms with Gasteiger partial charge in [0.1, 0.15) is 0 Å². The van der Waals surface area contributed by atoms with E-state index in [2.05, 4.69) is 29.8 Å². The van der Waals surface area contributed by atoms with Gasteiger partial charge < -0.3 is 10.1 Å². The van der Waals surface area contributed by atoms with Crippen molar-refractivity contribution >= 4 is 11.3 Å². The summed E-state index contributed by atoms with van der Waals surface area (Å²) in [5, 5.41) is 5.89. The van der Waals surface area contributed by atoms with Crippen LogP contribution in [0.15, 0.2) is 17.5 Å². The first-order valence-corrected chi connectivity index (χ1v) is 7.60. The average Bonchev–Trinajstić information content (AvgIpc) is 2.72. The molecule has 1 aromatic rings. The summed E-state index contributed by atoms with van der Waals surface area (Å²) >= 11 is 1.84. The maximum Gasteiger partial charge on any atom is 0.0661 e. The average molecular weight is 251 g/mol. The molecule has 3 rings (SSSR count). The Morgan fingerprint density at radius 1 is 1.53 bits per heavy atom. The third-order valence-corrected chi connectivity index (χ3v) is 5.42. The van der Waals surface area contributed by atoms with E-state index in [0.29, 0.717) is 17.6 Å². The third kappa shape index (κ3) is 1.94. The lowest BCUT2D eigenvalue weighted by atomic mass is 9.51. The Hall–Kier alpha value is -0.380. The first kappa shape index (κ1) is 11.7. The van der Waals surface area contributed by atoms with Crippen molar-refractivity contribution in [2.24, 2.45) is 5.41 Å². The summed E-state index contributed by atoms with van der Waals surface area (Å²) in [7, 11) is 0. The van der Waals surface area contributed by atoms with Gasteiger partial charge >= 0.3 is 0 Å². The van der Waals surface area contributed by atoms with Gasteiger partial charge in [-0.2, -0.15) is 0 Å². The predicted molar refractivity (Wildman–Crippen MR) is 71.3 cm³/mol. The zero-order valence-corrected chi connectivity index (χ0v) is 11.3. The van der Waals surface area contributed by atoms with Crippen LogP contribution >= 0.6 is 11.3 Å². The maximum absolute atomic E-state index is 5.87. The van der Waals surface area contributed by atoms with Gasteiger partial charge in [0.05, 0.1) is 6.10 Å². The van der Waals surface area contributed by atoms with Gasteiger partial charge in [0.2, 0.25) is 0 Å². The van der Waals surface area contributed by atoms with Crippen molar-refractivity contribution in [3.05, 3.63) is 22.4 Å². The molecule has 3 heteroatoms. The van der Waals surface area contributed by atoms with E-state index in [9.17, 15) is 0 Å². The molecular weight excluding hydrogens is 230 g/mol. The van der Waals surface area contributed by atoms with Crippen molar-refractivity contribution in [1.82, 2.24) is 5.32 Å². The van der Waals surface area contributed by atoms with Crippen LogP contribution in [-0.4, -0.2) is 18.8 Å². The number of nitrogens with one attached hydrogen (secondary N) is 1. The molecule has 1 heterocycles. The quantitative estimate of drug-likeness (QED) is 0.868. The fraction of sp³-hybridized carbons (Fsp3) is 0.714. The number of ether oxygens (including phenoxy) is 1. The summed E-state index contributed by atoms with van der Waals surface area (Å²) < 4.78 is 5.87. The van der Waals surface area contributed by atoms with Crippen LogP contribution in [0.3, 0.4) is 0 Å². The summed E-state index contributed by atoms with van der Waals surface area (Å²) in [5.74, 6) is 0. The van der Waals surface area contributed by atoms with Crippen LogP contribution in [0, 0.1) is 5.41 Å². The summed E-state index contributed by atoms with van der Waals surface area (Å²) in [6.07, 6.45) is 5.85. The molecule has 0 radical (unpaired) electrons. The molecule has 0 amide bonds. The fourth-order valence-corrected chi connectivity index (χ4v) is 4.02. The number of rotatable bonds is 5. The molecular formula is C14H21NOS. The second kappa shape index (κ2) is 4.71. The Labute approximate surface area is 107 Å². The number of hydrogen-bond acceptors (Lipinski definition) is 3. The predicted octanol–water partition coefficient (Wildman–Crippen LogP) is 3.19. The van der Waals surface area contributed by atoms with Gasteiger partial charge in [0, 0.05) is 29.5 Å². The van der Waals surface area contributed by atoms with Gasteiger partial charge in [0.25, 0.3) is 0 Å². The Kier molecular flexibility index (Phi) is 3.24. The van der Waals surface area contributed by atoms with Gasteiger partial charge in [-0.3, -0.25) is 0 Å². The number of hydrogen-bond donors (Lipinski definition) is 1. The molecule has 2 nitrogen and oxygen atoms in total. The molecule has 0 aliphatic heterocycles. The minimum atomic E-state index is 0.493. The lowest BCUT2D eigenvalue weighted by Crippen LogP contribution is -2.66. The lowest BCUT2D eigenvalue weighted by Gasteiger charge is -2.61. The van der Waals surface area contributed by atoms with Crippen molar-refractivity contribution in [3.8, 4) is 0 Å². The van der Waals surface area contributed by atoms with E-state index >= 15 is 0 Å². The Balaban J connectivity index is 1.55. The van der Waals surface area contributed by atoms with Crippen molar-refractivity contribution in [1.29, 1.82) is 0 Å². The SMILES string of the molecule is CCOC1CC(NCc2cccs2)C12CCC2. The van der Waals surface area contributed by atoms with E-state index in [1.165, 1.54) is 30.6 Å². The van der Waals surface area contributed by atoms with E-state index < -0.39 is 0 Å². The Bertz CT molecular complexity index is 358. The monoisotopic (exact) mass is 251 g/mol. The van der Waals surface area contributed by atoms with Crippen LogP contribution in [0.2, 0.25) is 0 Å². The van der Waals surface area contributed by atoms with Crippen LogP contribution in [-0.2, 0) is 11.3 Å². The van der Waals surface area contributed by atoms with Crippen molar-refractivity contribution < 1.29 is 4.74 Å². The molecule has 2 unspecified atom stereocenters. The standard InChI is InChI=1S/C14H21NOS/c1-2-16-13-9-12(14(13)6-4-7-14)15-10-11-5-3-8-17-11/h3,5,8,12-13,15H,2,4,6-7,9-10H2,1H3. The van der Waals surface area contributed by atoms with E-state index in [1.54, 1.807) is 0 Å². The molecule has 1 spiro atoms. The molecule has 2 aliphatic carbocycles. The highest BCUT2D eigenvalue weighted by molar-refractivity contribution is 7.09. The van der Waals surface area contributed by atoms with Gasteiger partial charge in [-0.1, -0.05) is 12.5 Å². The zero-order valence-electron chi connectivity index (χ0n) is 10.4. The largest absolute Gasteiger partial charge is 0.378 e. The smallest absolute Gasteiger partial charge is 0.0661 e. The highest BCUT2D eigenvalue weighted by Crippen LogP contribution is 2.57.